The Morgan fingerprint density at radius 3 is 2.47 bits per heavy atom. The molecule has 0 fully saturated rings. The fourth-order valence-electron chi connectivity index (χ4n) is 1.40. The van der Waals surface area contributed by atoms with Crippen LogP contribution >= 0.6 is 11.3 Å². The van der Waals surface area contributed by atoms with Crippen molar-refractivity contribution in [1.82, 2.24) is 15.6 Å². The van der Waals surface area contributed by atoms with Gasteiger partial charge in [0.25, 0.3) is 0 Å². The molecule has 0 bridgehead atoms. The summed E-state index contributed by atoms with van der Waals surface area (Å²) in [7, 11) is 0. The first-order chi connectivity index (χ1) is 8.72. The molecule has 0 atom stereocenters. The van der Waals surface area contributed by atoms with Gasteiger partial charge in [-0.3, -0.25) is 4.79 Å². The van der Waals surface area contributed by atoms with Gasteiger partial charge >= 0.3 is 12.0 Å². The molecule has 3 N–H and O–H groups in total. The van der Waals surface area contributed by atoms with Crippen molar-refractivity contribution in [2.24, 2.45) is 0 Å². The molecule has 1 aromatic rings. The lowest BCUT2D eigenvalue weighted by Gasteiger charge is -2.23. The lowest BCUT2D eigenvalue weighted by atomic mass is 10.1. The second-order valence-corrected chi connectivity index (χ2v) is 6.01. The van der Waals surface area contributed by atoms with Crippen LogP contribution in [0.2, 0.25) is 0 Å². The average Bonchev–Trinajstić information content (AvgIpc) is 2.58. The monoisotopic (exact) mass is 285 g/mol. The summed E-state index contributed by atoms with van der Waals surface area (Å²) in [5, 5.41) is 14.6. The molecule has 0 aliphatic carbocycles. The van der Waals surface area contributed by atoms with Crippen LogP contribution in [0.3, 0.4) is 0 Å². The summed E-state index contributed by atoms with van der Waals surface area (Å²) in [4.78, 5) is 27.6. The van der Waals surface area contributed by atoms with E-state index in [1.807, 2.05) is 27.7 Å². The first-order valence-electron chi connectivity index (χ1n) is 5.94. The van der Waals surface area contributed by atoms with Crippen LogP contribution < -0.4 is 10.6 Å². The molecule has 19 heavy (non-hydrogen) atoms. The maximum absolute atomic E-state index is 11.7. The third kappa shape index (κ3) is 4.51. The van der Waals surface area contributed by atoms with Crippen LogP contribution in [0.5, 0.6) is 0 Å². The lowest BCUT2D eigenvalue weighted by molar-refractivity contribution is -0.136. The Labute approximate surface area is 116 Å². The number of carboxylic acids is 1. The zero-order valence-electron chi connectivity index (χ0n) is 11.5. The first kappa shape index (κ1) is 15.4. The predicted octanol–water partition coefficient (Wildman–Crippen LogP) is 1.77. The van der Waals surface area contributed by atoms with Crippen LogP contribution in [0.25, 0.3) is 0 Å². The molecule has 0 radical (unpaired) electrons. The zero-order chi connectivity index (χ0) is 14.6. The van der Waals surface area contributed by atoms with Gasteiger partial charge in [0.2, 0.25) is 0 Å². The highest BCUT2D eigenvalue weighted by Gasteiger charge is 2.26. The number of nitrogens with one attached hydrogen (secondary N) is 2. The minimum Gasteiger partial charge on any atom is -0.481 e. The number of carboxylic acid groups (broad SMARTS) is 1. The molecule has 106 valence electrons. The third-order valence-corrected chi connectivity index (χ3v) is 4.01. The number of carbonyl (C=O) groups is 2. The molecule has 1 heterocycles. The summed E-state index contributed by atoms with van der Waals surface area (Å²) in [5.41, 5.74) is 0.373. The predicted molar refractivity (Wildman–Crippen MR) is 73.4 cm³/mol. The molecule has 7 heteroatoms. The van der Waals surface area contributed by atoms with Crippen LogP contribution in [0, 0.1) is 13.8 Å². The van der Waals surface area contributed by atoms with Gasteiger partial charge < -0.3 is 15.7 Å². The Hall–Kier alpha value is -1.63. The Morgan fingerprint density at radius 1 is 1.37 bits per heavy atom. The van der Waals surface area contributed by atoms with Crippen LogP contribution in [0.15, 0.2) is 0 Å². The van der Waals surface area contributed by atoms with Gasteiger partial charge in [0.15, 0.2) is 0 Å². The van der Waals surface area contributed by atoms with Crippen molar-refractivity contribution in [3.05, 3.63) is 15.6 Å². The normalized spacial score (nSPS) is 11.2. The molecule has 0 spiro atoms. The molecule has 0 saturated carbocycles. The van der Waals surface area contributed by atoms with E-state index in [1.165, 1.54) is 0 Å². The molecular formula is C12H19N3O3S. The number of aryl methyl sites for hydroxylation is 2. The fourth-order valence-corrected chi connectivity index (χ4v) is 2.38. The summed E-state index contributed by atoms with van der Waals surface area (Å²) in [6.45, 7) is 7.74. The van der Waals surface area contributed by atoms with Gasteiger partial charge in [-0.25, -0.2) is 9.78 Å². The Bertz CT molecular complexity index is 463. The molecule has 6 nitrogen and oxygen atoms in total. The molecule has 1 aromatic heterocycles. The SMILES string of the molecule is Cc1nc(C(C)(C)NC(=O)NCCC(=O)O)sc1C. The summed E-state index contributed by atoms with van der Waals surface area (Å²) in [6, 6.07) is -0.392. The molecule has 0 aliphatic heterocycles. The molecule has 0 aliphatic rings. The van der Waals surface area contributed by atoms with Crippen LogP contribution in [0.4, 0.5) is 4.79 Å². The number of carbonyl (C=O) groups excluding carboxylic acids is 1. The van der Waals surface area contributed by atoms with Gasteiger partial charge in [-0.05, 0) is 27.7 Å². The molecule has 1 rings (SSSR count). The van der Waals surface area contributed by atoms with E-state index >= 15 is 0 Å². The number of rotatable bonds is 5. The van der Waals surface area contributed by atoms with Gasteiger partial charge in [0, 0.05) is 11.4 Å². The van der Waals surface area contributed by atoms with Crippen LogP contribution in [-0.2, 0) is 10.3 Å². The number of nitrogens with zero attached hydrogens (tertiary/aromatic N) is 1. The third-order valence-electron chi connectivity index (χ3n) is 2.61. The molecular weight excluding hydrogens is 266 g/mol. The van der Waals surface area contributed by atoms with E-state index in [9.17, 15) is 9.59 Å². The molecule has 0 aromatic carbocycles. The highest BCUT2D eigenvalue weighted by molar-refractivity contribution is 7.11. The maximum Gasteiger partial charge on any atom is 0.315 e. The largest absolute Gasteiger partial charge is 0.481 e. The molecule has 0 saturated heterocycles. The summed E-state index contributed by atoms with van der Waals surface area (Å²) < 4.78 is 0. The standard InChI is InChI=1S/C12H19N3O3S/c1-7-8(2)19-10(14-7)12(3,4)15-11(18)13-6-5-9(16)17/h5-6H2,1-4H3,(H,16,17)(H2,13,15,18). The van der Waals surface area contributed by atoms with Crippen LogP contribution in [0.1, 0.15) is 35.8 Å². The topological polar surface area (TPSA) is 91.3 Å². The summed E-state index contributed by atoms with van der Waals surface area (Å²) in [6.07, 6.45) is -0.0939. The van der Waals surface area contributed by atoms with Crippen LogP contribution in [-0.4, -0.2) is 28.6 Å². The zero-order valence-corrected chi connectivity index (χ0v) is 12.3. The number of hydrogen-bond donors (Lipinski definition) is 3. The number of aliphatic carboxylic acids is 1. The summed E-state index contributed by atoms with van der Waals surface area (Å²) >= 11 is 1.54. The number of thiazole rings is 1. The minimum atomic E-state index is -0.939. The summed E-state index contributed by atoms with van der Waals surface area (Å²) in [5.74, 6) is -0.939. The van der Waals surface area contributed by atoms with Gasteiger partial charge in [0.05, 0.1) is 17.7 Å². The quantitative estimate of drug-likeness (QED) is 0.769. The maximum atomic E-state index is 11.7. The van der Waals surface area contributed by atoms with E-state index < -0.39 is 17.5 Å². The number of hydrogen-bond acceptors (Lipinski definition) is 4. The van der Waals surface area contributed by atoms with Gasteiger partial charge in [-0.2, -0.15) is 0 Å². The van der Waals surface area contributed by atoms with Gasteiger partial charge in [0.1, 0.15) is 5.01 Å². The van der Waals surface area contributed by atoms with E-state index in [4.69, 9.17) is 5.11 Å². The van der Waals surface area contributed by atoms with Crippen molar-refractivity contribution in [3.8, 4) is 0 Å². The van der Waals surface area contributed by atoms with Crippen molar-refractivity contribution in [3.63, 3.8) is 0 Å². The Kier molecular flexibility index (Phi) is 4.88. The van der Waals surface area contributed by atoms with E-state index in [-0.39, 0.29) is 13.0 Å². The van der Waals surface area contributed by atoms with Crippen molar-refractivity contribution in [2.45, 2.75) is 39.7 Å². The second-order valence-electron chi connectivity index (χ2n) is 4.81. The highest BCUT2D eigenvalue weighted by Crippen LogP contribution is 2.26. The smallest absolute Gasteiger partial charge is 0.315 e. The number of urea groups is 1. The first-order valence-corrected chi connectivity index (χ1v) is 6.76. The lowest BCUT2D eigenvalue weighted by Crippen LogP contribution is -2.46. The molecule has 0 unspecified atom stereocenters. The van der Waals surface area contributed by atoms with Crippen molar-refractivity contribution in [1.29, 1.82) is 0 Å². The van der Waals surface area contributed by atoms with Gasteiger partial charge in [-0.15, -0.1) is 11.3 Å². The van der Waals surface area contributed by atoms with E-state index in [0.717, 1.165) is 15.6 Å². The molecule has 2 amide bonds. The number of amides is 2. The van der Waals surface area contributed by atoms with Crippen molar-refractivity contribution >= 4 is 23.3 Å². The Morgan fingerprint density at radius 2 is 2.00 bits per heavy atom. The average molecular weight is 285 g/mol. The van der Waals surface area contributed by atoms with E-state index in [1.54, 1.807) is 11.3 Å². The van der Waals surface area contributed by atoms with E-state index in [2.05, 4.69) is 15.6 Å². The minimum absolute atomic E-state index is 0.0939. The fraction of sp³-hybridized carbons (Fsp3) is 0.583. The van der Waals surface area contributed by atoms with E-state index in [0.29, 0.717) is 0 Å². The van der Waals surface area contributed by atoms with Crippen molar-refractivity contribution in [2.75, 3.05) is 6.54 Å². The second kappa shape index (κ2) is 6.01. The highest BCUT2D eigenvalue weighted by atomic mass is 32.1. The Balaban J connectivity index is 2.58. The number of aromatic nitrogens is 1. The van der Waals surface area contributed by atoms with Gasteiger partial charge in [-0.1, -0.05) is 0 Å². The van der Waals surface area contributed by atoms with Crippen molar-refractivity contribution < 1.29 is 14.7 Å².